The molecule has 4 heteroatoms. The van der Waals surface area contributed by atoms with Gasteiger partial charge in [-0.05, 0) is 25.0 Å². The van der Waals surface area contributed by atoms with Crippen molar-refractivity contribution in [2.45, 2.75) is 43.0 Å². The van der Waals surface area contributed by atoms with Crippen LogP contribution in [0.4, 0.5) is 5.69 Å². The fourth-order valence-corrected chi connectivity index (χ4v) is 3.46. The Kier molecular flexibility index (Phi) is 2.90. The highest BCUT2D eigenvalue weighted by Crippen LogP contribution is 2.42. The molecule has 90 valence electrons. The van der Waals surface area contributed by atoms with E-state index in [1.165, 1.54) is 19.3 Å². The predicted molar refractivity (Wildman–Crippen MR) is 70.3 cm³/mol. The van der Waals surface area contributed by atoms with Crippen LogP contribution in [0, 0.1) is 0 Å². The van der Waals surface area contributed by atoms with Crippen LogP contribution in [-0.4, -0.2) is 16.9 Å². The van der Waals surface area contributed by atoms with Gasteiger partial charge in [0, 0.05) is 12.2 Å². The van der Waals surface area contributed by atoms with E-state index >= 15 is 0 Å². The largest absolute Gasteiger partial charge is 0.306 e. The fraction of sp³-hybridized carbons (Fsp3) is 0.538. The van der Waals surface area contributed by atoms with Gasteiger partial charge in [0.15, 0.2) is 0 Å². The van der Waals surface area contributed by atoms with Crippen molar-refractivity contribution in [3.8, 4) is 0 Å². The molecule has 0 spiro atoms. The lowest BCUT2D eigenvalue weighted by Gasteiger charge is -2.31. The number of carbonyl (C=O) groups is 1. The predicted octanol–water partition coefficient (Wildman–Crippen LogP) is 3.20. The number of rotatable bonds is 1. The van der Waals surface area contributed by atoms with Crippen LogP contribution in [0.3, 0.4) is 0 Å². The van der Waals surface area contributed by atoms with E-state index in [1.807, 2.05) is 17.0 Å². The van der Waals surface area contributed by atoms with Crippen LogP contribution < -0.4 is 4.90 Å². The third kappa shape index (κ3) is 1.79. The quantitative estimate of drug-likeness (QED) is 0.745. The molecule has 3 nitrogen and oxygen atoms in total. The fourth-order valence-electron chi connectivity index (χ4n) is 2.88. The summed E-state index contributed by atoms with van der Waals surface area (Å²) in [5, 5.41) is 0. The Morgan fingerprint density at radius 3 is 2.82 bits per heavy atom. The van der Waals surface area contributed by atoms with E-state index in [1.54, 1.807) is 6.20 Å². The molecule has 0 N–H and O–H groups in total. The maximum Gasteiger partial charge on any atom is 0.247 e. The summed E-state index contributed by atoms with van der Waals surface area (Å²) in [6, 6.07) is 4.30. The molecular formula is C13H15BrN2O. The maximum absolute atomic E-state index is 12.3. The molecule has 1 unspecified atom stereocenters. The number of alkyl halides is 1. The van der Waals surface area contributed by atoms with E-state index in [2.05, 4.69) is 20.9 Å². The first-order chi connectivity index (χ1) is 8.29. The first kappa shape index (κ1) is 11.2. The van der Waals surface area contributed by atoms with E-state index in [0.717, 1.165) is 24.2 Å². The van der Waals surface area contributed by atoms with Crippen molar-refractivity contribution < 1.29 is 4.79 Å². The van der Waals surface area contributed by atoms with Gasteiger partial charge >= 0.3 is 0 Å². The Labute approximate surface area is 109 Å². The molecule has 1 saturated carbocycles. The minimum atomic E-state index is -0.249. The zero-order chi connectivity index (χ0) is 11.8. The molecule has 3 rings (SSSR count). The van der Waals surface area contributed by atoms with Crippen molar-refractivity contribution in [3.05, 3.63) is 24.0 Å². The van der Waals surface area contributed by atoms with Crippen LogP contribution in [0.15, 0.2) is 18.3 Å². The molecule has 2 heterocycles. The third-order valence-electron chi connectivity index (χ3n) is 3.71. The molecule has 17 heavy (non-hydrogen) atoms. The number of anilines is 1. The number of aromatic nitrogens is 1. The van der Waals surface area contributed by atoms with Crippen molar-refractivity contribution in [2.75, 3.05) is 4.90 Å². The number of carbonyl (C=O) groups excluding carboxylic acids is 1. The molecule has 1 fully saturated rings. The van der Waals surface area contributed by atoms with Crippen LogP contribution in [0.25, 0.3) is 0 Å². The molecule has 0 radical (unpaired) electrons. The lowest BCUT2D eigenvalue weighted by Crippen LogP contribution is -2.39. The maximum atomic E-state index is 12.3. The first-order valence-corrected chi connectivity index (χ1v) is 7.12. The molecular weight excluding hydrogens is 280 g/mol. The number of hydrogen-bond acceptors (Lipinski definition) is 2. The molecule has 1 amide bonds. The van der Waals surface area contributed by atoms with Gasteiger partial charge in [-0.15, -0.1) is 0 Å². The third-order valence-corrected chi connectivity index (χ3v) is 4.54. The lowest BCUT2D eigenvalue weighted by molar-refractivity contribution is -0.118. The van der Waals surface area contributed by atoms with Crippen molar-refractivity contribution in [3.63, 3.8) is 0 Å². The molecule has 0 bridgehead atoms. The van der Waals surface area contributed by atoms with Crippen molar-refractivity contribution in [2.24, 2.45) is 0 Å². The Balaban J connectivity index is 1.97. The number of pyridine rings is 1. The van der Waals surface area contributed by atoms with Crippen molar-refractivity contribution in [1.29, 1.82) is 0 Å². The van der Waals surface area contributed by atoms with E-state index in [4.69, 9.17) is 0 Å². The van der Waals surface area contributed by atoms with Gasteiger partial charge in [0.2, 0.25) is 5.91 Å². The Bertz CT molecular complexity index is 443. The number of halogens is 1. The van der Waals surface area contributed by atoms with Gasteiger partial charge in [0.05, 0.1) is 11.4 Å². The molecule has 1 aromatic heterocycles. The summed E-state index contributed by atoms with van der Waals surface area (Å²) < 4.78 is 0. The summed E-state index contributed by atoms with van der Waals surface area (Å²) in [5.74, 6) is 0.158. The van der Waals surface area contributed by atoms with Gasteiger partial charge in [-0.3, -0.25) is 9.78 Å². The van der Waals surface area contributed by atoms with Gasteiger partial charge in [0.25, 0.3) is 0 Å². The van der Waals surface area contributed by atoms with Gasteiger partial charge in [-0.2, -0.15) is 0 Å². The average molecular weight is 295 g/mol. The summed E-state index contributed by atoms with van der Waals surface area (Å²) in [6.45, 7) is 0. The van der Waals surface area contributed by atoms with Crippen LogP contribution in [0.2, 0.25) is 0 Å². The number of hydrogen-bond donors (Lipinski definition) is 0. The SMILES string of the molecule is O=C1C(Br)c2ncccc2N1C1CCCCC1. The highest BCUT2D eigenvalue weighted by molar-refractivity contribution is 9.09. The van der Waals surface area contributed by atoms with Gasteiger partial charge < -0.3 is 4.90 Å². The molecule has 0 saturated heterocycles. The second-order valence-electron chi connectivity index (χ2n) is 4.77. The number of nitrogens with zero attached hydrogens (tertiary/aromatic N) is 2. The van der Waals surface area contributed by atoms with Gasteiger partial charge in [-0.25, -0.2) is 0 Å². The summed E-state index contributed by atoms with van der Waals surface area (Å²) in [5.41, 5.74) is 1.88. The highest BCUT2D eigenvalue weighted by atomic mass is 79.9. The summed E-state index contributed by atoms with van der Waals surface area (Å²) in [6.07, 6.45) is 7.77. The minimum Gasteiger partial charge on any atom is -0.306 e. The standard InChI is InChI=1S/C13H15BrN2O/c14-11-12-10(7-4-8-15-12)16(13(11)17)9-5-2-1-3-6-9/h4,7-9,11H,1-3,5-6H2. The lowest BCUT2D eigenvalue weighted by atomic mass is 9.94. The molecule has 1 atom stereocenters. The molecule has 1 aliphatic carbocycles. The molecule has 0 aromatic carbocycles. The molecule has 1 aliphatic heterocycles. The Morgan fingerprint density at radius 1 is 1.29 bits per heavy atom. The van der Waals surface area contributed by atoms with Crippen LogP contribution in [0.5, 0.6) is 0 Å². The Hall–Kier alpha value is -0.900. The summed E-state index contributed by atoms with van der Waals surface area (Å²) in [4.78, 5) is 18.4. The average Bonchev–Trinajstić information content (AvgIpc) is 2.64. The van der Waals surface area contributed by atoms with Gasteiger partial charge in [0.1, 0.15) is 4.83 Å². The Morgan fingerprint density at radius 2 is 2.06 bits per heavy atom. The van der Waals surface area contributed by atoms with Crippen molar-refractivity contribution in [1.82, 2.24) is 4.98 Å². The summed E-state index contributed by atoms with van der Waals surface area (Å²) >= 11 is 3.46. The monoisotopic (exact) mass is 294 g/mol. The van der Waals surface area contributed by atoms with Crippen molar-refractivity contribution >= 4 is 27.5 Å². The second kappa shape index (κ2) is 4.41. The molecule has 1 aromatic rings. The molecule has 2 aliphatic rings. The number of amides is 1. The smallest absolute Gasteiger partial charge is 0.247 e. The second-order valence-corrected chi connectivity index (χ2v) is 5.69. The topological polar surface area (TPSA) is 33.2 Å². The van der Waals surface area contributed by atoms with Crippen LogP contribution in [-0.2, 0) is 4.79 Å². The first-order valence-electron chi connectivity index (χ1n) is 6.21. The van der Waals surface area contributed by atoms with Gasteiger partial charge in [-0.1, -0.05) is 35.2 Å². The van der Waals surface area contributed by atoms with E-state index in [-0.39, 0.29) is 10.7 Å². The van der Waals surface area contributed by atoms with Crippen LogP contribution >= 0.6 is 15.9 Å². The summed E-state index contributed by atoms with van der Waals surface area (Å²) in [7, 11) is 0. The number of fused-ring (bicyclic) bond motifs is 1. The zero-order valence-electron chi connectivity index (χ0n) is 9.60. The minimum absolute atomic E-state index is 0.158. The van der Waals surface area contributed by atoms with Crippen LogP contribution in [0.1, 0.15) is 42.6 Å². The zero-order valence-corrected chi connectivity index (χ0v) is 11.2. The normalized spacial score (nSPS) is 25.1. The van der Waals surface area contributed by atoms with E-state index in [9.17, 15) is 4.79 Å². The highest BCUT2D eigenvalue weighted by Gasteiger charge is 2.40. The van der Waals surface area contributed by atoms with E-state index < -0.39 is 0 Å². The van der Waals surface area contributed by atoms with E-state index in [0.29, 0.717) is 6.04 Å².